The molecule has 0 radical (unpaired) electrons. The first-order chi connectivity index (χ1) is 11.8. The van der Waals surface area contributed by atoms with Crippen molar-refractivity contribution in [1.82, 2.24) is 5.06 Å². The molecule has 0 saturated carbocycles. The van der Waals surface area contributed by atoms with Gasteiger partial charge in [-0.05, 0) is 49.2 Å². The zero-order valence-electron chi connectivity index (χ0n) is 14.2. The number of nitrogens with one attached hydrogen (secondary N) is 2. The van der Waals surface area contributed by atoms with E-state index < -0.39 is 18.0 Å². The molecule has 0 atom stereocenters. The average Bonchev–Trinajstić information content (AvgIpc) is 2.52. The summed E-state index contributed by atoms with van der Waals surface area (Å²) < 4.78 is 0. The van der Waals surface area contributed by atoms with E-state index in [0.717, 1.165) is 18.1 Å². The monoisotopic (exact) mass is 341 g/mol. The van der Waals surface area contributed by atoms with E-state index >= 15 is 0 Å². The third kappa shape index (κ3) is 5.35. The number of anilines is 2. The molecular weight excluding hydrogens is 322 g/mol. The lowest BCUT2D eigenvalue weighted by Crippen LogP contribution is -2.41. The Morgan fingerprint density at radius 2 is 1.40 bits per heavy atom. The van der Waals surface area contributed by atoms with E-state index in [1.165, 1.54) is 0 Å². The molecule has 0 unspecified atom stereocenters. The van der Waals surface area contributed by atoms with Gasteiger partial charge in [-0.25, -0.2) is 9.59 Å². The minimum Gasteiger partial charge on any atom is -0.309 e. The van der Waals surface area contributed by atoms with E-state index in [-0.39, 0.29) is 0 Å². The second kappa shape index (κ2) is 7.96. The highest BCUT2D eigenvalue weighted by molar-refractivity contribution is 6.00. The molecule has 2 aromatic carbocycles. The fourth-order valence-electron chi connectivity index (χ4n) is 2.09. The molecule has 7 nitrogen and oxygen atoms in total. The minimum absolute atomic E-state index is 0.369. The van der Waals surface area contributed by atoms with Crippen LogP contribution in [0.25, 0.3) is 0 Å². The third-order valence-electron chi connectivity index (χ3n) is 3.18. The predicted octanol–water partition coefficient (Wildman–Crippen LogP) is 3.85. The van der Waals surface area contributed by atoms with E-state index in [0.29, 0.717) is 16.4 Å². The fraction of sp³-hybridized carbons (Fsp3) is 0.167. The van der Waals surface area contributed by atoms with Crippen LogP contribution in [0.4, 0.5) is 21.0 Å². The lowest BCUT2D eigenvalue weighted by molar-refractivity contribution is -0.148. The number of hydroxylamine groups is 2. The highest BCUT2D eigenvalue weighted by Gasteiger charge is 2.23. The van der Waals surface area contributed by atoms with Crippen LogP contribution in [0.2, 0.25) is 0 Å². The Morgan fingerprint density at radius 1 is 0.880 bits per heavy atom. The fourth-order valence-corrected chi connectivity index (χ4v) is 2.09. The van der Waals surface area contributed by atoms with Crippen LogP contribution in [0.15, 0.2) is 48.5 Å². The molecule has 7 heteroatoms. The molecule has 2 rings (SSSR count). The van der Waals surface area contributed by atoms with Gasteiger partial charge in [0, 0.05) is 18.3 Å². The quantitative estimate of drug-likeness (QED) is 0.812. The number of rotatable bonds is 2. The summed E-state index contributed by atoms with van der Waals surface area (Å²) in [6.07, 6.45) is -0.944. The van der Waals surface area contributed by atoms with E-state index in [9.17, 15) is 14.4 Å². The summed E-state index contributed by atoms with van der Waals surface area (Å²) in [5.41, 5.74) is 2.86. The Kier molecular flexibility index (Phi) is 5.73. The van der Waals surface area contributed by atoms with E-state index in [2.05, 4.69) is 10.6 Å². The standard InChI is InChI=1S/C18H19N3O4/c1-12-6-4-8-15(10-12)19-17(23)21(14(3)22)25-18(24)20-16-9-5-7-13(2)11-16/h4-11H,1-3H3,(H,19,23)(H,20,24). The minimum atomic E-state index is -0.944. The number of hydrogen-bond donors (Lipinski definition) is 2. The van der Waals surface area contributed by atoms with Gasteiger partial charge in [-0.2, -0.15) is 0 Å². The second-order valence-corrected chi connectivity index (χ2v) is 5.49. The van der Waals surface area contributed by atoms with Crippen LogP contribution in [0.1, 0.15) is 18.1 Å². The number of carbonyl (C=O) groups excluding carboxylic acids is 3. The maximum absolute atomic E-state index is 12.2. The molecule has 25 heavy (non-hydrogen) atoms. The lowest BCUT2D eigenvalue weighted by Gasteiger charge is -2.18. The lowest BCUT2D eigenvalue weighted by atomic mass is 10.2. The van der Waals surface area contributed by atoms with Crippen LogP contribution in [0.5, 0.6) is 0 Å². The first kappa shape index (κ1) is 18.0. The van der Waals surface area contributed by atoms with Gasteiger partial charge in [0.15, 0.2) is 0 Å². The summed E-state index contributed by atoms with van der Waals surface area (Å²) >= 11 is 0. The normalized spacial score (nSPS) is 9.88. The second-order valence-electron chi connectivity index (χ2n) is 5.49. The van der Waals surface area contributed by atoms with Crippen LogP contribution < -0.4 is 10.6 Å². The Labute approximate surface area is 145 Å². The van der Waals surface area contributed by atoms with Crippen molar-refractivity contribution < 1.29 is 19.2 Å². The van der Waals surface area contributed by atoms with Crippen molar-refractivity contribution in [3.8, 4) is 0 Å². The molecule has 2 N–H and O–H groups in total. The molecule has 0 bridgehead atoms. The SMILES string of the molecule is CC(=O)N(OC(=O)Nc1cccc(C)c1)C(=O)Nc1cccc(C)c1. The van der Waals surface area contributed by atoms with Crippen LogP contribution in [0, 0.1) is 13.8 Å². The molecule has 2 aromatic rings. The van der Waals surface area contributed by atoms with Gasteiger partial charge in [0.25, 0.3) is 5.91 Å². The smallest absolute Gasteiger partial charge is 0.309 e. The van der Waals surface area contributed by atoms with Gasteiger partial charge in [0.2, 0.25) is 0 Å². The van der Waals surface area contributed by atoms with Crippen molar-refractivity contribution >= 4 is 29.4 Å². The summed E-state index contributed by atoms with van der Waals surface area (Å²) in [5, 5.41) is 5.33. The first-order valence-electron chi connectivity index (χ1n) is 7.59. The zero-order valence-corrected chi connectivity index (χ0v) is 14.2. The number of nitrogens with zero attached hydrogens (tertiary/aromatic N) is 1. The van der Waals surface area contributed by atoms with Crippen LogP contribution in [0.3, 0.4) is 0 Å². The van der Waals surface area contributed by atoms with Gasteiger partial charge in [-0.1, -0.05) is 29.3 Å². The van der Waals surface area contributed by atoms with E-state index in [1.54, 1.807) is 36.4 Å². The number of hydrogen-bond acceptors (Lipinski definition) is 4. The summed E-state index contributed by atoms with van der Waals surface area (Å²) in [6, 6.07) is 13.2. The molecule has 0 aliphatic carbocycles. The van der Waals surface area contributed by atoms with Gasteiger partial charge in [0.1, 0.15) is 0 Å². The summed E-state index contributed by atoms with van der Waals surface area (Å²) in [4.78, 5) is 40.6. The first-order valence-corrected chi connectivity index (χ1v) is 7.59. The van der Waals surface area contributed by atoms with Crippen LogP contribution >= 0.6 is 0 Å². The van der Waals surface area contributed by atoms with Gasteiger partial charge in [-0.3, -0.25) is 10.1 Å². The number of aryl methyl sites for hydroxylation is 2. The van der Waals surface area contributed by atoms with Crippen molar-refractivity contribution in [1.29, 1.82) is 0 Å². The molecule has 0 aromatic heterocycles. The Balaban J connectivity index is 2.03. The Hall–Kier alpha value is -3.35. The average molecular weight is 341 g/mol. The molecule has 0 spiro atoms. The van der Waals surface area contributed by atoms with Gasteiger partial charge in [0.05, 0.1) is 0 Å². The summed E-state index contributed by atoms with van der Waals surface area (Å²) in [6.45, 7) is 4.85. The molecule has 0 fully saturated rings. The zero-order chi connectivity index (χ0) is 18.4. The van der Waals surface area contributed by atoms with Crippen molar-refractivity contribution in [2.24, 2.45) is 0 Å². The third-order valence-corrected chi connectivity index (χ3v) is 3.18. The maximum Gasteiger partial charge on any atom is 0.436 e. The molecule has 0 aliphatic heterocycles. The number of amides is 4. The van der Waals surface area contributed by atoms with Crippen molar-refractivity contribution in [3.05, 3.63) is 59.7 Å². The molecule has 0 heterocycles. The topological polar surface area (TPSA) is 87.7 Å². The van der Waals surface area contributed by atoms with E-state index in [4.69, 9.17) is 4.84 Å². The summed E-state index contributed by atoms with van der Waals surface area (Å²) in [5.74, 6) is -0.732. The summed E-state index contributed by atoms with van der Waals surface area (Å²) in [7, 11) is 0. The molecular formula is C18H19N3O4. The Bertz CT molecular complexity index is 804. The molecule has 130 valence electrons. The highest BCUT2D eigenvalue weighted by atomic mass is 16.7. The van der Waals surface area contributed by atoms with E-state index in [1.807, 2.05) is 26.0 Å². The number of urea groups is 1. The van der Waals surface area contributed by atoms with Gasteiger partial charge < -0.3 is 10.2 Å². The maximum atomic E-state index is 12.2. The molecule has 0 aliphatic rings. The number of benzene rings is 2. The van der Waals surface area contributed by atoms with Gasteiger partial charge >= 0.3 is 12.1 Å². The Morgan fingerprint density at radius 3 is 1.88 bits per heavy atom. The molecule has 4 amide bonds. The predicted molar refractivity (Wildman–Crippen MR) is 94.0 cm³/mol. The largest absolute Gasteiger partial charge is 0.436 e. The number of carbonyl (C=O) groups is 3. The van der Waals surface area contributed by atoms with Crippen LogP contribution in [-0.2, 0) is 9.63 Å². The van der Waals surface area contributed by atoms with Crippen molar-refractivity contribution in [3.63, 3.8) is 0 Å². The highest BCUT2D eigenvalue weighted by Crippen LogP contribution is 2.12. The number of imide groups is 1. The van der Waals surface area contributed by atoms with Crippen molar-refractivity contribution in [2.75, 3.05) is 10.6 Å². The van der Waals surface area contributed by atoms with Crippen molar-refractivity contribution in [2.45, 2.75) is 20.8 Å². The van der Waals surface area contributed by atoms with Crippen LogP contribution in [-0.4, -0.2) is 23.1 Å². The van der Waals surface area contributed by atoms with Gasteiger partial charge in [-0.15, -0.1) is 0 Å². The molecule has 0 saturated heterocycles.